The number of nitrogens with one attached hydrogen (secondary N) is 3. The van der Waals surface area contributed by atoms with Crippen molar-refractivity contribution in [1.29, 1.82) is 0 Å². The molecule has 2 aromatic heterocycles. The minimum atomic E-state index is -2.79. The number of hydrogen-bond acceptors (Lipinski definition) is 13. The lowest BCUT2D eigenvalue weighted by Gasteiger charge is -2.43. The first-order valence-corrected chi connectivity index (χ1v) is 24.8. The van der Waals surface area contributed by atoms with Gasteiger partial charge in [0, 0.05) is 94.2 Å². The third-order valence-electron chi connectivity index (χ3n) is 12.4. The number of piperidine rings is 2. The molecule has 3 saturated heterocycles. The monoisotopic (exact) mass is 944 g/mol. The van der Waals surface area contributed by atoms with Gasteiger partial charge >= 0.3 is 0 Å². The normalized spacial score (nSPS) is 18.1. The Hall–Kier alpha value is -5.09. The predicted molar refractivity (Wildman–Crippen MR) is 246 cm³/mol. The van der Waals surface area contributed by atoms with Crippen LogP contribution in [0.2, 0.25) is 0 Å². The van der Waals surface area contributed by atoms with Crippen molar-refractivity contribution in [3.8, 4) is 5.75 Å². The van der Waals surface area contributed by atoms with Crippen molar-refractivity contribution >= 4 is 80.1 Å². The van der Waals surface area contributed by atoms with E-state index in [-0.39, 0.29) is 24.3 Å². The smallest absolute Gasteiger partial charge is 0.234 e. The van der Waals surface area contributed by atoms with Crippen LogP contribution in [-0.4, -0.2) is 114 Å². The Morgan fingerprint density at radius 1 is 0.905 bits per heavy atom. The maximum atomic E-state index is 15.2. The highest BCUT2D eigenvalue weighted by molar-refractivity contribution is 9.10. The fourth-order valence-corrected chi connectivity index (χ4v) is 10.7. The third kappa shape index (κ3) is 9.71. The van der Waals surface area contributed by atoms with E-state index in [1.807, 2.05) is 12.1 Å². The van der Waals surface area contributed by atoms with Gasteiger partial charge in [-0.1, -0.05) is 19.1 Å². The number of imide groups is 1. The van der Waals surface area contributed by atoms with Gasteiger partial charge in [0.15, 0.2) is 11.6 Å². The molecule has 0 aliphatic carbocycles. The van der Waals surface area contributed by atoms with Gasteiger partial charge in [0.2, 0.25) is 17.8 Å². The summed E-state index contributed by atoms with van der Waals surface area (Å²) in [6, 6.07) is 11.4. The van der Waals surface area contributed by atoms with Crippen molar-refractivity contribution in [2.75, 3.05) is 81.8 Å². The lowest BCUT2D eigenvalue weighted by atomic mass is 9.89. The van der Waals surface area contributed by atoms with Gasteiger partial charge in [-0.25, -0.2) is 13.8 Å². The number of carbonyl (C=O) groups excluding carboxylic acids is 2. The lowest BCUT2D eigenvalue weighted by molar-refractivity contribution is -0.134. The van der Waals surface area contributed by atoms with Gasteiger partial charge in [-0.2, -0.15) is 4.98 Å². The second kappa shape index (κ2) is 18.9. The summed E-state index contributed by atoms with van der Waals surface area (Å²) in [5.74, 6) is -2.22. The van der Waals surface area contributed by atoms with Gasteiger partial charge in [0.25, 0.3) is 0 Å². The molecule has 0 spiro atoms. The molecule has 3 aliphatic heterocycles. The maximum Gasteiger partial charge on any atom is 0.234 e. The summed E-state index contributed by atoms with van der Waals surface area (Å²) in [4.78, 5) is 49.3. The van der Waals surface area contributed by atoms with Crippen LogP contribution in [-0.2, 0) is 27.0 Å². The summed E-state index contributed by atoms with van der Waals surface area (Å²) in [7, 11) is -1.13. The first-order valence-electron chi connectivity index (χ1n) is 21.4. The Kier molecular flexibility index (Phi) is 13.4. The molecule has 5 aromatic rings. The second-order valence-electron chi connectivity index (χ2n) is 16.7. The zero-order valence-corrected chi connectivity index (χ0v) is 38.4. The number of halogens is 3. The topological polar surface area (TPSA) is 158 Å². The molecule has 3 aliphatic rings. The van der Waals surface area contributed by atoms with Crippen molar-refractivity contribution in [3.05, 3.63) is 87.8 Å². The molecule has 1 unspecified atom stereocenters. The van der Waals surface area contributed by atoms with Crippen molar-refractivity contribution < 1.29 is 27.7 Å². The lowest BCUT2D eigenvalue weighted by Crippen LogP contribution is -2.53. The van der Waals surface area contributed by atoms with Crippen LogP contribution in [0.25, 0.3) is 11.0 Å². The molecule has 3 fully saturated rings. The van der Waals surface area contributed by atoms with E-state index in [9.17, 15) is 14.2 Å². The minimum Gasteiger partial charge on any atom is -0.494 e. The molecule has 3 N–H and O–H groups in total. The number of hydrogen-bond donors (Lipinski definition) is 3. The Labute approximate surface area is 374 Å². The average molecular weight is 946 g/mol. The Morgan fingerprint density at radius 2 is 1.67 bits per heavy atom. The molecule has 8 rings (SSSR count). The minimum absolute atomic E-state index is 0.00696. The van der Waals surface area contributed by atoms with Crippen molar-refractivity contribution in [2.24, 2.45) is 0 Å². The van der Waals surface area contributed by atoms with Crippen LogP contribution in [0.4, 0.5) is 37.6 Å². The molecule has 18 heteroatoms. The first-order chi connectivity index (χ1) is 30.3. The van der Waals surface area contributed by atoms with Crippen LogP contribution in [0, 0.1) is 11.6 Å². The highest BCUT2D eigenvalue weighted by Gasteiger charge is 2.33. The zero-order valence-electron chi connectivity index (χ0n) is 35.9. The van der Waals surface area contributed by atoms with Gasteiger partial charge < -0.3 is 29.7 Å². The van der Waals surface area contributed by atoms with Crippen LogP contribution in [0.1, 0.15) is 55.2 Å². The number of anilines is 5. The number of amides is 2. The summed E-state index contributed by atoms with van der Waals surface area (Å²) < 4.78 is 50.3. The fraction of sp³-hybridized carbons (Fsp3) is 0.422. The molecule has 0 saturated carbocycles. The Bertz CT molecular complexity index is 2580. The van der Waals surface area contributed by atoms with Crippen molar-refractivity contribution in [1.82, 2.24) is 35.1 Å². The second-order valence-corrected chi connectivity index (χ2v) is 20.7. The quantitative estimate of drug-likeness (QED) is 0.0811. The van der Waals surface area contributed by atoms with Gasteiger partial charge in [-0.15, -0.1) is 0 Å². The number of fused-ring (bicyclic) bond motifs is 1. The molecule has 2 amide bonds. The van der Waals surface area contributed by atoms with Crippen molar-refractivity contribution in [2.45, 2.75) is 57.4 Å². The SMILES string of the molecule is CCc1cc(Nc2ncc(Br)c(Nc3ccc4nccnc4c3P(C)(C)=O)n2)c(OC)cc1N1CCC(N2CCN(CCc3ccc(C4CCC(=O)NC4=O)c(F)c3F)CC2)CC1. The molecule has 3 aromatic carbocycles. The van der Waals surface area contributed by atoms with Crippen LogP contribution in [0.3, 0.4) is 0 Å². The van der Waals surface area contributed by atoms with Crippen LogP contribution >= 0.6 is 23.1 Å². The zero-order chi connectivity index (χ0) is 44.4. The summed E-state index contributed by atoms with van der Waals surface area (Å²) in [5.41, 5.74) is 5.24. The number of benzene rings is 3. The largest absolute Gasteiger partial charge is 0.494 e. The summed E-state index contributed by atoms with van der Waals surface area (Å²) >= 11 is 3.58. The molecule has 5 heterocycles. The van der Waals surface area contributed by atoms with Gasteiger partial charge in [-0.3, -0.25) is 29.8 Å². The van der Waals surface area contributed by atoms with E-state index in [0.717, 1.165) is 69.9 Å². The fourth-order valence-electron chi connectivity index (χ4n) is 9.05. The number of aryl methyl sites for hydroxylation is 1. The average Bonchev–Trinajstić information content (AvgIpc) is 3.28. The standard InChI is InChI=1S/C45H52BrF2N10O4P/c1-5-27-24-35(53-45-51-26-32(46)43(55-45)52-34-10-9-33-41(50-16-15-49-33)42(34)63(3,4)61)37(62-2)25-36(27)58-18-13-29(14-19-58)57-22-20-56(21-23-57)17-12-28-6-7-30(40(48)39(28)47)31-8-11-38(59)54-44(31)60/h6-7,9-10,15-16,24-26,29,31H,5,8,11-14,17-23H2,1-4H3,(H,54,59,60)(H2,51,52,53,55). The number of methoxy groups -OCH3 is 1. The molecular formula is C45H52BrF2N10O4P. The van der Waals surface area contributed by atoms with Gasteiger partial charge in [0.1, 0.15) is 24.2 Å². The Morgan fingerprint density at radius 3 is 2.38 bits per heavy atom. The van der Waals surface area contributed by atoms with E-state index in [4.69, 9.17) is 9.72 Å². The number of carbonyl (C=O) groups is 2. The molecule has 0 radical (unpaired) electrons. The number of rotatable bonds is 13. The van der Waals surface area contributed by atoms with Crippen LogP contribution in [0.5, 0.6) is 5.75 Å². The van der Waals surface area contributed by atoms with E-state index in [0.29, 0.717) is 68.6 Å². The highest BCUT2D eigenvalue weighted by Crippen LogP contribution is 2.42. The van der Waals surface area contributed by atoms with Crippen LogP contribution in [0.15, 0.2) is 59.5 Å². The Balaban J connectivity index is 0.869. The van der Waals surface area contributed by atoms with Crippen LogP contribution < -0.4 is 30.9 Å². The molecule has 63 heavy (non-hydrogen) atoms. The number of nitrogens with zero attached hydrogens (tertiary/aromatic N) is 7. The molecule has 14 nitrogen and oxygen atoms in total. The first kappa shape index (κ1) is 44.5. The van der Waals surface area contributed by atoms with Gasteiger partial charge in [-0.05, 0) is 90.7 Å². The number of aromatic nitrogens is 4. The molecular weight excluding hydrogens is 893 g/mol. The van der Waals surface area contributed by atoms with E-state index < -0.39 is 30.6 Å². The molecule has 1 atom stereocenters. The summed E-state index contributed by atoms with van der Waals surface area (Å²) in [6.45, 7) is 11.5. The molecule has 0 bridgehead atoms. The maximum absolute atomic E-state index is 15.2. The number of piperazine rings is 1. The summed E-state index contributed by atoms with van der Waals surface area (Å²) in [5, 5.41) is 9.57. The highest BCUT2D eigenvalue weighted by atomic mass is 79.9. The third-order valence-corrected chi connectivity index (χ3v) is 14.5. The molecule has 332 valence electrons. The predicted octanol–water partition coefficient (Wildman–Crippen LogP) is 7.12. The summed E-state index contributed by atoms with van der Waals surface area (Å²) in [6.07, 6.45) is 8.39. The van der Waals surface area contributed by atoms with E-state index in [1.165, 1.54) is 11.6 Å². The van der Waals surface area contributed by atoms with E-state index in [1.54, 1.807) is 45.1 Å². The number of ether oxygens (including phenoxy) is 1. The van der Waals surface area contributed by atoms with E-state index >= 15 is 8.78 Å². The van der Waals surface area contributed by atoms with Crippen molar-refractivity contribution in [3.63, 3.8) is 0 Å². The van der Waals surface area contributed by atoms with E-state index in [2.05, 4.69) is 80.6 Å². The van der Waals surface area contributed by atoms with Gasteiger partial charge in [0.05, 0.1) is 39.7 Å².